The number of hydrogen-bond acceptors (Lipinski definition) is 4. The molecule has 2 atom stereocenters. The third-order valence-corrected chi connectivity index (χ3v) is 4.17. The third-order valence-electron chi connectivity index (χ3n) is 4.17. The molecule has 1 saturated heterocycles. The fourth-order valence-electron chi connectivity index (χ4n) is 2.98. The van der Waals surface area contributed by atoms with E-state index in [1.165, 1.54) is 0 Å². The number of nitrogens with two attached hydrogens (primary N) is 2. The first-order valence-electron chi connectivity index (χ1n) is 7.33. The van der Waals surface area contributed by atoms with Gasteiger partial charge in [-0.2, -0.15) is 5.10 Å². The summed E-state index contributed by atoms with van der Waals surface area (Å²) >= 11 is 0. The third kappa shape index (κ3) is 2.59. The topological polar surface area (TPSA) is 90.2 Å². The summed E-state index contributed by atoms with van der Waals surface area (Å²) in [6.45, 7) is 4.90. The minimum Gasteiger partial charge on any atom is -0.394 e. The number of aryl methyl sites for hydroxylation is 2. The molecule has 0 spiro atoms. The summed E-state index contributed by atoms with van der Waals surface area (Å²) in [5.74, 6) is 0.596. The van der Waals surface area contributed by atoms with Crippen LogP contribution in [0.1, 0.15) is 38.8 Å². The number of carbonyl (C=O) groups is 1. The summed E-state index contributed by atoms with van der Waals surface area (Å²) in [5, 5.41) is 4.51. The molecule has 0 aliphatic carbocycles. The minimum absolute atomic E-state index is 0.102. The van der Waals surface area contributed by atoms with Gasteiger partial charge in [0.2, 0.25) is 5.91 Å². The van der Waals surface area contributed by atoms with E-state index in [2.05, 4.69) is 23.8 Å². The van der Waals surface area contributed by atoms with E-state index in [0.29, 0.717) is 12.6 Å². The quantitative estimate of drug-likeness (QED) is 0.861. The Morgan fingerprint density at radius 3 is 2.75 bits per heavy atom. The zero-order valence-electron chi connectivity index (χ0n) is 12.6. The largest absolute Gasteiger partial charge is 0.394 e. The summed E-state index contributed by atoms with van der Waals surface area (Å²) in [6.07, 6.45) is 3.69. The monoisotopic (exact) mass is 279 g/mol. The summed E-state index contributed by atoms with van der Waals surface area (Å²) in [4.78, 5) is 13.6. The van der Waals surface area contributed by atoms with Crippen molar-refractivity contribution in [3.8, 4) is 0 Å². The van der Waals surface area contributed by atoms with Crippen molar-refractivity contribution in [2.45, 2.75) is 45.6 Å². The molecule has 2 heterocycles. The molecular weight excluding hydrogens is 254 g/mol. The first kappa shape index (κ1) is 14.7. The Morgan fingerprint density at radius 1 is 1.45 bits per heavy atom. The first-order chi connectivity index (χ1) is 9.45. The Balaban J connectivity index is 2.31. The Hall–Kier alpha value is -1.72. The standard InChI is InChI=1S/C14H25N5O/c1-4-5-11-12(15)14(18(3)17-11)19-8-10(13(16)20)7-6-9(19)2/h9-10H,4-8,15H2,1-3H3,(H2,16,20). The van der Waals surface area contributed by atoms with Crippen LogP contribution in [0, 0.1) is 5.92 Å². The van der Waals surface area contributed by atoms with Crippen molar-refractivity contribution >= 4 is 17.4 Å². The van der Waals surface area contributed by atoms with Crippen molar-refractivity contribution in [2.75, 3.05) is 17.2 Å². The number of anilines is 2. The average Bonchev–Trinajstić information content (AvgIpc) is 2.66. The van der Waals surface area contributed by atoms with Crippen LogP contribution in [0.25, 0.3) is 0 Å². The van der Waals surface area contributed by atoms with Gasteiger partial charge in [0, 0.05) is 19.6 Å². The van der Waals surface area contributed by atoms with Crippen LogP contribution in [-0.2, 0) is 18.3 Å². The molecule has 1 amide bonds. The van der Waals surface area contributed by atoms with Crippen LogP contribution in [0.5, 0.6) is 0 Å². The number of primary amides is 1. The Kier molecular flexibility index (Phi) is 4.20. The second-order valence-electron chi connectivity index (χ2n) is 5.74. The number of carbonyl (C=O) groups excluding carboxylic acids is 1. The zero-order valence-corrected chi connectivity index (χ0v) is 12.6. The lowest BCUT2D eigenvalue weighted by Gasteiger charge is -2.38. The van der Waals surface area contributed by atoms with Crippen molar-refractivity contribution in [3.05, 3.63) is 5.69 Å². The number of rotatable bonds is 4. The van der Waals surface area contributed by atoms with Gasteiger partial charge < -0.3 is 16.4 Å². The van der Waals surface area contributed by atoms with Gasteiger partial charge in [0.25, 0.3) is 0 Å². The molecule has 112 valence electrons. The van der Waals surface area contributed by atoms with Gasteiger partial charge in [0.15, 0.2) is 5.82 Å². The highest BCUT2D eigenvalue weighted by Gasteiger charge is 2.32. The van der Waals surface area contributed by atoms with Crippen molar-refractivity contribution in [3.63, 3.8) is 0 Å². The molecule has 20 heavy (non-hydrogen) atoms. The van der Waals surface area contributed by atoms with Gasteiger partial charge in [-0.25, -0.2) is 0 Å². The van der Waals surface area contributed by atoms with E-state index in [1.54, 1.807) is 0 Å². The Morgan fingerprint density at radius 2 is 2.15 bits per heavy atom. The lowest BCUT2D eigenvalue weighted by atomic mass is 9.93. The maximum absolute atomic E-state index is 11.5. The minimum atomic E-state index is -0.226. The fourth-order valence-corrected chi connectivity index (χ4v) is 2.98. The second kappa shape index (κ2) is 5.73. The molecule has 1 fully saturated rings. The van der Waals surface area contributed by atoms with Gasteiger partial charge in [-0.15, -0.1) is 0 Å². The molecular formula is C14H25N5O. The molecule has 0 aromatic carbocycles. The van der Waals surface area contributed by atoms with Crippen molar-refractivity contribution < 1.29 is 4.79 Å². The molecule has 0 radical (unpaired) electrons. The highest BCUT2D eigenvalue weighted by molar-refractivity contribution is 5.78. The maximum atomic E-state index is 11.5. The van der Waals surface area contributed by atoms with Gasteiger partial charge in [0.05, 0.1) is 17.3 Å². The van der Waals surface area contributed by atoms with Gasteiger partial charge in [-0.05, 0) is 26.2 Å². The van der Waals surface area contributed by atoms with E-state index in [4.69, 9.17) is 11.5 Å². The molecule has 6 heteroatoms. The smallest absolute Gasteiger partial charge is 0.222 e. The zero-order chi connectivity index (χ0) is 14.9. The fraction of sp³-hybridized carbons (Fsp3) is 0.714. The molecule has 0 saturated carbocycles. The van der Waals surface area contributed by atoms with E-state index in [9.17, 15) is 4.79 Å². The first-order valence-corrected chi connectivity index (χ1v) is 7.33. The molecule has 4 N–H and O–H groups in total. The summed E-state index contributed by atoms with van der Waals surface area (Å²) in [7, 11) is 1.91. The van der Waals surface area contributed by atoms with Crippen LogP contribution in [0.3, 0.4) is 0 Å². The van der Waals surface area contributed by atoms with Gasteiger partial charge >= 0.3 is 0 Å². The van der Waals surface area contributed by atoms with Crippen LogP contribution in [0.4, 0.5) is 11.5 Å². The van der Waals surface area contributed by atoms with E-state index >= 15 is 0 Å². The maximum Gasteiger partial charge on any atom is 0.222 e. The highest BCUT2D eigenvalue weighted by atomic mass is 16.1. The number of piperidine rings is 1. The highest BCUT2D eigenvalue weighted by Crippen LogP contribution is 2.33. The van der Waals surface area contributed by atoms with E-state index < -0.39 is 0 Å². The van der Waals surface area contributed by atoms with Crippen LogP contribution < -0.4 is 16.4 Å². The number of amides is 1. The predicted octanol–water partition coefficient (Wildman–Crippen LogP) is 1.05. The van der Waals surface area contributed by atoms with Crippen LogP contribution >= 0.6 is 0 Å². The molecule has 1 aromatic rings. The molecule has 1 aromatic heterocycles. The van der Waals surface area contributed by atoms with E-state index in [0.717, 1.165) is 42.9 Å². The van der Waals surface area contributed by atoms with Gasteiger partial charge in [-0.3, -0.25) is 9.48 Å². The molecule has 1 aliphatic rings. The van der Waals surface area contributed by atoms with Crippen molar-refractivity contribution in [2.24, 2.45) is 18.7 Å². The summed E-state index contributed by atoms with van der Waals surface area (Å²) in [6, 6.07) is 0.345. The molecule has 2 unspecified atom stereocenters. The van der Waals surface area contributed by atoms with E-state index in [-0.39, 0.29) is 11.8 Å². The summed E-state index contributed by atoms with van der Waals surface area (Å²) < 4.78 is 1.83. The Labute approximate surface area is 120 Å². The molecule has 1 aliphatic heterocycles. The lowest BCUT2D eigenvalue weighted by molar-refractivity contribution is -0.122. The number of hydrogen-bond donors (Lipinski definition) is 2. The average molecular weight is 279 g/mol. The number of nitrogens with zero attached hydrogens (tertiary/aromatic N) is 3. The van der Waals surface area contributed by atoms with Gasteiger partial charge in [0.1, 0.15) is 0 Å². The van der Waals surface area contributed by atoms with Crippen LogP contribution in [-0.4, -0.2) is 28.3 Å². The second-order valence-corrected chi connectivity index (χ2v) is 5.74. The number of aromatic nitrogens is 2. The van der Waals surface area contributed by atoms with E-state index in [1.807, 2.05) is 11.7 Å². The van der Waals surface area contributed by atoms with Crippen LogP contribution in [0.15, 0.2) is 0 Å². The van der Waals surface area contributed by atoms with Crippen molar-refractivity contribution in [1.29, 1.82) is 0 Å². The van der Waals surface area contributed by atoms with Gasteiger partial charge in [-0.1, -0.05) is 13.3 Å². The normalized spacial score (nSPS) is 23.1. The summed E-state index contributed by atoms with van der Waals surface area (Å²) in [5.41, 5.74) is 13.4. The molecule has 2 rings (SSSR count). The number of nitrogen functional groups attached to an aromatic ring is 1. The predicted molar refractivity (Wildman–Crippen MR) is 80.3 cm³/mol. The molecule has 6 nitrogen and oxygen atoms in total. The molecule has 0 bridgehead atoms. The van der Waals surface area contributed by atoms with Crippen LogP contribution in [0.2, 0.25) is 0 Å². The van der Waals surface area contributed by atoms with Crippen molar-refractivity contribution in [1.82, 2.24) is 9.78 Å². The Bertz CT molecular complexity index is 496. The lowest BCUT2D eigenvalue weighted by Crippen LogP contribution is -2.46. The SMILES string of the molecule is CCCc1nn(C)c(N2CC(C(N)=O)CCC2C)c1N.